The molecule has 0 saturated carbocycles. The molecule has 144 valence electrons. The van der Waals surface area contributed by atoms with Gasteiger partial charge in [-0.1, -0.05) is 23.7 Å². The van der Waals surface area contributed by atoms with Crippen molar-refractivity contribution in [2.75, 3.05) is 19.0 Å². The van der Waals surface area contributed by atoms with Gasteiger partial charge < -0.3 is 14.8 Å². The van der Waals surface area contributed by atoms with E-state index >= 15 is 0 Å². The molecule has 0 bridgehead atoms. The fourth-order valence-electron chi connectivity index (χ4n) is 2.09. The van der Waals surface area contributed by atoms with E-state index in [0.717, 1.165) is 12.1 Å². The number of methoxy groups -OCH3 is 1. The van der Waals surface area contributed by atoms with Crippen molar-refractivity contribution in [1.82, 2.24) is 0 Å². The van der Waals surface area contributed by atoms with Crippen LogP contribution >= 0.6 is 11.6 Å². The number of alkyl halides is 3. The molecule has 0 aliphatic rings. The average molecular weight is 402 g/mol. The largest absolute Gasteiger partial charge is 0.497 e. The van der Waals surface area contributed by atoms with Gasteiger partial charge in [0.25, 0.3) is 5.91 Å². The molecule has 0 unspecified atom stereocenters. The number of ether oxygens (including phenoxy) is 2. The maximum absolute atomic E-state index is 12.7. The molecule has 2 aromatic rings. The minimum absolute atomic E-state index is 0.0679. The Labute approximate surface area is 158 Å². The van der Waals surface area contributed by atoms with Crippen LogP contribution in [0.3, 0.4) is 0 Å². The van der Waals surface area contributed by atoms with Gasteiger partial charge in [-0.25, -0.2) is 0 Å². The van der Waals surface area contributed by atoms with Gasteiger partial charge in [-0.3, -0.25) is 9.59 Å². The molecule has 5 nitrogen and oxygen atoms in total. The number of halogens is 4. The first kappa shape index (κ1) is 20.6. The number of hydrogen-bond donors (Lipinski definition) is 1. The SMILES string of the molecule is COc1ccc(CC(=O)OCC(=O)Nc2cc(C(F)(F)F)ccc2Cl)cc1. The maximum Gasteiger partial charge on any atom is 0.416 e. The van der Waals surface area contributed by atoms with E-state index in [1.165, 1.54) is 7.11 Å². The number of amides is 1. The lowest BCUT2D eigenvalue weighted by Crippen LogP contribution is -2.22. The van der Waals surface area contributed by atoms with E-state index in [1.54, 1.807) is 24.3 Å². The second-order valence-electron chi connectivity index (χ2n) is 5.43. The highest BCUT2D eigenvalue weighted by Crippen LogP contribution is 2.33. The van der Waals surface area contributed by atoms with Gasteiger partial charge >= 0.3 is 12.1 Å². The molecule has 0 heterocycles. The molecule has 0 radical (unpaired) electrons. The fraction of sp³-hybridized carbons (Fsp3) is 0.222. The fourth-order valence-corrected chi connectivity index (χ4v) is 2.26. The predicted octanol–water partition coefficient (Wildman–Crippen LogP) is 4.09. The summed E-state index contributed by atoms with van der Waals surface area (Å²) >= 11 is 5.79. The Morgan fingerprint density at radius 3 is 2.37 bits per heavy atom. The van der Waals surface area contributed by atoms with Crippen LogP contribution in [0.4, 0.5) is 18.9 Å². The van der Waals surface area contributed by atoms with Crippen LogP contribution in [-0.4, -0.2) is 25.6 Å². The van der Waals surface area contributed by atoms with Gasteiger partial charge in [0.15, 0.2) is 6.61 Å². The third kappa shape index (κ3) is 6.18. The first-order valence-electron chi connectivity index (χ1n) is 7.64. The van der Waals surface area contributed by atoms with E-state index in [-0.39, 0.29) is 17.1 Å². The van der Waals surface area contributed by atoms with Gasteiger partial charge in [0.2, 0.25) is 0 Å². The Hall–Kier alpha value is -2.74. The molecule has 0 fully saturated rings. The molecule has 2 rings (SSSR count). The van der Waals surface area contributed by atoms with Crippen LogP contribution in [0.25, 0.3) is 0 Å². The van der Waals surface area contributed by atoms with E-state index in [9.17, 15) is 22.8 Å². The van der Waals surface area contributed by atoms with Crippen molar-refractivity contribution in [3.63, 3.8) is 0 Å². The lowest BCUT2D eigenvalue weighted by atomic mass is 10.1. The number of esters is 1. The zero-order chi connectivity index (χ0) is 20.0. The Balaban J connectivity index is 1.89. The van der Waals surface area contributed by atoms with Gasteiger partial charge in [-0.2, -0.15) is 13.2 Å². The summed E-state index contributed by atoms with van der Waals surface area (Å²) in [5.74, 6) is -0.839. The van der Waals surface area contributed by atoms with E-state index in [4.69, 9.17) is 21.1 Å². The van der Waals surface area contributed by atoms with Crippen LogP contribution in [0.1, 0.15) is 11.1 Å². The number of nitrogens with one attached hydrogen (secondary N) is 1. The number of anilines is 1. The maximum atomic E-state index is 12.7. The van der Waals surface area contributed by atoms with Crippen molar-refractivity contribution in [2.24, 2.45) is 0 Å². The van der Waals surface area contributed by atoms with Gasteiger partial charge in [0, 0.05) is 0 Å². The lowest BCUT2D eigenvalue weighted by molar-refractivity contribution is -0.146. The Morgan fingerprint density at radius 2 is 1.78 bits per heavy atom. The normalized spacial score (nSPS) is 11.0. The van der Waals surface area contributed by atoms with Gasteiger partial charge in [-0.05, 0) is 35.9 Å². The van der Waals surface area contributed by atoms with Gasteiger partial charge in [0.1, 0.15) is 5.75 Å². The minimum Gasteiger partial charge on any atom is -0.497 e. The Kier molecular flexibility index (Phi) is 6.68. The van der Waals surface area contributed by atoms with Crippen LogP contribution in [0.5, 0.6) is 5.75 Å². The number of hydrogen-bond acceptors (Lipinski definition) is 4. The molecule has 0 aromatic heterocycles. The third-order valence-electron chi connectivity index (χ3n) is 3.44. The highest BCUT2D eigenvalue weighted by Gasteiger charge is 2.31. The first-order chi connectivity index (χ1) is 12.7. The highest BCUT2D eigenvalue weighted by atomic mass is 35.5. The second-order valence-corrected chi connectivity index (χ2v) is 5.83. The van der Waals surface area contributed by atoms with Crippen molar-refractivity contribution < 1.29 is 32.2 Å². The number of benzene rings is 2. The predicted molar refractivity (Wildman–Crippen MR) is 92.7 cm³/mol. The van der Waals surface area contributed by atoms with Crippen molar-refractivity contribution in [2.45, 2.75) is 12.6 Å². The molecule has 0 aliphatic carbocycles. The summed E-state index contributed by atoms with van der Waals surface area (Å²) in [4.78, 5) is 23.6. The van der Waals surface area contributed by atoms with Crippen molar-refractivity contribution >= 4 is 29.2 Å². The van der Waals surface area contributed by atoms with Crippen LogP contribution in [0.2, 0.25) is 5.02 Å². The Bertz CT molecular complexity index is 822. The monoisotopic (exact) mass is 401 g/mol. The summed E-state index contributed by atoms with van der Waals surface area (Å²) in [5.41, 5.74) is -0.525. The summed E-state index contributed by atoms with van der Waals surface area (Å²) in [6.45, 7) is -0.651. The lowest BCUT2D eigenvalue weighted by Gasteiger charge is -2.12. The third-order valence-corrected chi connectivity index (χ3v) is 3.77. The van der Waals surface area contributed by atoms with Crippen molar-refractivity contribution in [3.05, 3.63) is 58.6 Å². The van der Waals surface area contributed by atoms with E-state index < -0.39 is 30.2 Å². The molecule has 27 heavy (non-hydrogen) atoms. The molecule has 0 saturated heterocycles. The first-order valence-corrected chi connectivity index (χ1v) is 8.02. The second kappa shape index (κ2) is 8.77. The molecule has 9 heteroatoms. The molecule has 0 atom stereocenters. The van der Waals surface area contributed by atoms with Crippen molar-refractivity contribution in [3.8, 4) is 5.75 Å². The molecule has 0 aliphatic heterocycles. The van der Waals surface area contributed by atoms with E-state index in [2.05, 4.69) is 5.32 Å². The summed E-state index contributed by atoms with van der Waals surface area (Å²) in [6.07, 6.45) is -4.64. The van der Waals surface area contributed by atoms with Gasteiger partial charge in [-0.15, -0.1) is 0 Å². The molecular weight excluding hydrogens is 387 g/mol. The summed E-state index contributed by atoms with van der Waals surface area (Å²) in [6, 6.07) is 9.21. The smallest absolute Gasteiger partial charge is 0.416 e. The topological polar surface area (TPSA) is 64.6 Å². The zero-order valence-corrected chi connectivity index (χ0v) is 14.9. The van der Waals surface area contributed by atoms with Crippen LogP contribution in [-0.2, 0) is 26.9 Å². The number of carbonyl (C=O) groups excluding carboxylic acids is 2. The molecule has 0 spiro atoms. The number of carbonyl (C=O) groups is 2. The summed E-state index contributed by atoms with van der Waals surface area (Å²) < 4.78 is 48.0. The summed E-state index contributed by atoms with van der Waals surface area (Å²) in [5, 5.41) is 2.12. The molecule has 1 N–H and O–H groups in total. The van der Waals surface area contributed by atoms with E-state index in [0.29, 0.717) is 17.4 Å². The standard InChI is InChI=1S/C18H15ClF3NO4/c1-26-13-5-2-11(3-6-13)8-17(25)27-10-16(24)23-15-9-12(18(20,21)22)4-7-14(15)19/h2-7,9H,8,10H2,1H3,(H,23,24). The zero-order valence-electron chi connectivity index (χ0n) is 14.1. The molecule has 2 aromatic carbocycles. The molecule has 1 amide bonds. The number of rotatable bonds is 6. The average Bonchev–Trinajstić information content (AvgIpc) is 2.61. The quantitative estimate of drug-likeness (QED) is 0.740. The van der Waals surface area contributed by atoms with Gasteiger partial charge in [0.05, 0.1) is 29.8 Å². The Morgan fingerprint density at radius 1 is 1.11 bits per heavy atom. The van der Waals surface area contributed by atoms with E-state index in [1.807, 2.05) is 0 Å². The molecular formula is C18H15ClF3NO4. The highest BCUT2D eigenvalue weighted by molar-refractivity contribution is 6.33. The van der Waals surface area contributed by atoms with Crippen LogP contribution in [0.15, 0.2) is 42.5 Å². The van der Waals surface area contributed by atoms with Crippen LogP contribution in [0, 0.1) is 0 Å². The van der Waals surface area contributed by atoms with Crippen molar-refractivity contribution in [1.29, 1.82) is 0 Å². The minimum atomic E-state index is -4.57. The van der Waals surface area contributed by atoms with Crippen LogP contribution < -0.4 is 10.1 Å². The summed E-state index contributed by atoms with van der Waals surface area (Å²) in [7, 11) is 1.51.